The van der Waals surface area contributed by atoms with Crippen molar-refractivity contribution in [2.45, 2.75) is 27.0 Å². The van der Waals surface area contributed by atoms with Gasteiger partial charge in [0.15, 0.2) is 14.5 Å². The van der Waals surface area contributed by atoms with Crippen LogP contribution in [0.5, 0.6) is 0 Å². The number of halogens is 1. The summed E-state index contributed by atoms with van der Waals surface area (Å²) in [6, 6.07) is 0. The van der Waals surface area contributed by atoms with Crippen molar-refractivity contribution >= 4 is 40.8 Å². The van der Waals surface area contributed by atoms with Gasteiger partial charge >= 0.3 is 0 Å². The molecule has 5 nitrogen and oxygen atoms in total. The first-order valence-electron chi connectivity index (χ1n) is 5.54. The van der Waals surface area contributed by atoms with Crippen LogP contribution in [0.3, 0.4) is 0 Å². The van der Waals surface area contributed by atoms with Crippen molar-refractivity contribution in [3.05, 3.63) is 12.0 Å². The van der Waals surface area contributed by atoms with Crippen LogP contribution in [-0.4, -0.2) is 33.0 Å². The largest absolute Gasteiger partial charge is 0.354 e. The van der Waals surface area contributed by atoms with Crippen molar-refractivity contribution in [1.29, 1.82) is 0 Å². The molecule has 0 amide bonds. The van der Waals surface area contributed by atoms with E-state index >= 15 is 0 Å². The van der Waals surface area contributed by atoms with Crippen LogP contribution >= 0.6 is 34.9 Å². The summed E-state index contributed by atoms with van der Waals surface area (Å²) in [5.41, 5.74) is 0. The van der Waals surface area contributed by atoms with Crippen LogP contribution in [0.25, 0.3) is 0 Å². The molecule has 0 aliphatic rings. The van der Waals surface area contributed by atoms with E-state index in [2.05, 4.69) is 25.5 Å². The van der Waals surface area contributed by atoms with E-state index in [1.165, 1.54) is 29.3 Å². The van der Waals surface area contributed by atoms with Crippen LogP contribution in [0, 0.1) is 5.82 Å². The molecule has 0 saturated carbocycles. The predicted molar refractivity (Wildman–Crippen MR) is 76.6 cm³/mol. The van der Waals surface area contributed by atoms with Crippen molar-refractivity contribution in [3.63, 3.8) is 0 Å². The molecule has 2 rings (SSSR count). The predicted octanol–water partition coefficient (Wildman–Crippen LogP) is 3.16. The van der Waals surface area contributed by atoms with Gasteiger partial charge in [-0.15, -0.1) is 10.2 Å². The molecule has 2 aromatic rings. The average Bonchev–Trinajstić information content (AvgIpc) is 2.87. The van der Waals surface area contributed by atoms with Crippen LogP contribution in [0.2, 0.25) is 0 Å². The maximum atomic E-state index is 13.6. The summed E-state index contributed by atoms with van der Waals surface area (Å²) >= 11 is 4.09. The summed E-state index contributed by atoms with van der Waals surface area (Å²) in [4.78, 5) is 8.03. The number of hydrogen-bond acceptors (Lipinski definition) is 8. The molecule has 0 aliphatic heterocycles. The second-order valence-corrected chi connectivity index (χ2v) is 6.68. The van der Waals surface area contributed by atoms with Crippen LogP contribution in [-0.2, 0) is 0 Å². The smallest absolute Gasteiger partial charge is 0.223 e. The fourth-order valence-corrected chi connectivity index (χ4v) is 3.48. The minimum absolute atomic E-state index is 0.261. The Morgan fingerprint density at radius 1 is 1.37 bits per heavy atom. The molecule has 0 fully saturated rings. The standard InChI is InChI=1S/C10H12FN5S3/c1-3-4-12-8-13-5-6(11)7(14-8)18-10-16-15-9(17-2)19-10/h5H,3-4H2,1-2H3,(H,12,13,14). The number of nitrogens with one attached hydrogen (secondary N) is 1. The maximum Gasteiger partial charge on any atom is 0.223 e. The average molecular weight is 317 g/mol. The van der Waals surface area contributed by atoms with Gasteiger partial charge in [-0.25, -0.2) is 14.4 Å². The van der Waals surface area contributed by atoms with E-state index in [9.17, 15) is 4.39 Å². The van der Waals surface area contributed by atoms with E-state index in [0.717, 1.165) is 29.1 Å². The van der Waals surface area contributed by atoms with Crippen LogP contribution < -0.4 is 5.32 Å². The summed E-state index contributed by atoms with van der Waals surface area (Å²) in [6.07, 6.45) is 4.05. The molecule has 2 aromatic heterocycles. The monoisotopic (exact) mass is 317 g/mol. The highest BCUT2D eigenvalue weighted by molar-refractivity contribution is 8.02. The van der Waals surface area contributed by atoms with Crippen LogP contribution in [0.15, 0.2) is 19.9 Å². The molecule has 2 heterocycles. The van der Waals surface area contributed by atoms with Gasteiger partial charge in [-0.1, -0.05) is 30.0 Å². The number of thioether (sulfide) groups is 1. The summed E-state index contributed by atoms with van der Waals surface area (Å²) in [5, 5.41) is 11.2. The first kappa shape index (κ1) is 14.5. The molecule has 0 atom stereocenters. The third-order valence-electron chi connectivity index (χ3n) is 1.99. The Morgan fingerprint density at radius 3 is 2.84 bits per heavy atom. The molecule has 0 bridgehead atoms. The Morgan fingerprint density at radius 2 is 2.16 bits per heavy atom. The van der Waals surface area contributed by atoms with Crippen LogP contribution in [0.1, 0.15) is 13.3 Å². The summed E-state index contributed by atoms with van der Waals surface area (Å²) in [7, 11) is 0. The third kappa shape index (κ3) is 4.02. The molecule has 0 saturated heterocycles. The number of nitrogens with zero attached hydrogens (tertiary/aromatic N) is 4. The van der Waals surface area contributed by atoms with Gasteiger partial charge in [-0.3, -0.25) is 0 Å². The Hall–Kier alpha value is -0.930. The van der Waals surface area contributed by atoms with Gasteiger partial charge in [0.1, 0.15) is 5.03 Å². The highest BCUT2D eigenvalue weighted by Gasteiger charge is 2.12. The summed E-state index contributed by atoms with van der Waals surface area (Å²) < 4.78 is 15.2. The quantitative estimate of drug-likeness (QED) is 0.648. The Bertz CT molecular complexity index is 548. The van der Waals surface area contributed by atoms with Crippen molar-refractivity contribution in [1.82, 2.24) is 20.2 Å². The number of hydrogen-bond donors (Lipinski definition) is 1. The molecule has 0 aromatic carbocycles. The Balaban J connectivity index is 2.13. The van der Waals surface area contributed by atoms with Gasteiger partial charge in [0.05, 0.1) is 6.20 Å². The van der Waals surface area contributed by atoms with E-state index in [0.29, 0.717) is 10.3 Å². The topological polar surface area (TPSA) is 63.6 Å². The highest BCUT2D eigenvalue weighted by atomic mass is 32.2. The first-order valence-corrected chi connectivity index (χ1v) is 8.40. The van der Waals surface area contributed by atoms with Gasteiger partial charge in [0.25, 0.3) is 0 Å². The zero-order valence-corrected chi connectivity index (χ0v) is 12.8. The molecule has 0 radical (unpaired) electrons. The van der Waals surface area contributed by atoms with E-state index in [1.54, 1.807) is 0 Å². The van der Waals surface area contributed by atoms with Gasteiger partial charge in [-0.05, 0) is 24.4 Å². The lowest BCUT2D eigenvalue weighted by molar-refractivity contribution is 0.579. The normalized spacial score (nSPS) is 10.7. The zero-order chi connectivity index (χ0) is 13.7. The molecule has 0 aliphatic carbocycles. The van der Waals surface area contributed by atoms with E-state index in [-0.39, 0.29) is 5.03 Å². The van der Waals surface area contributed by atoms with Crippen molar-refractivity contribution in [2.75, 3.05) is 18.1 Å². The molecule has 0 spiro atoms. The lowest BCUT2D eigenvalue weighted by Crippen LogP contribution is -2.05. The first-order chi connectivity index (χ1) is 9.22. The van der Waals surface area contributed by atoms with Gasteiger partial charge < -0.3 is 5.32 Å². The summed E-state index contributed by atoms with van der Waals surface area (Å²) in [5.74, 6) is -0.0201. The van der Waals surface area contributed by atoms with Crippen molar-refractivity contribution in [3.8, 4) is 0 Å². The minimum atomic E-state index is -0.451. The maximum absolute atomic E-state index is 13.6. The van der Waals surface area contributed by atoms with E-state index < -0.39 is 5.82 Å². The molecular formula is C10H12FN5S3. The number of anilines is 1. The lowest BCUT2D eigenvalue weighted by atomic mass is 10.5. The van der Waals surface area contributed by atoms with Gasteiger partial charge in [0, 0.05) is 6.54 Å². The summed E-state index contributed by atoms with van der Waals surface area (Å²) in [6.45, 7) is 2.79. The highest BCUT2D eigenvalue weighted by Crippen LogP contribution is 2.33. The fourth-order valence-electron chi connectivity index (χ4n) is 1.15. The van der Waals surface area contributed by atoms with Gasteiger partial charge in [0.2, 0.25) is 5.95 Å². The fraction of sp³-hybridized carbons (Fsp3) is 0.400. The minimum Gasteiger partial charge on any atom is -0.354 e. The molecule has 0 unspecified atom stereocenters. The Labute approximate surface area is 122 Å². The number of aromatic nitrogens is 4. The number of rotatable bonds is 6. The lowest BCUT2D eigenvalue weighted by Gasteiger charge is -2.04. The molecule has 1 N–H and O–H groups in total. The zero-order valence-electron chi connectivity index (χ0n) is 10.4. The van der Waals surface area contributed by atoms with Crippen molar-refractivity contribution in [2.24, 2.45) is 0 Å². The van der Waals surface area contributed by atoms with E-state index in [4.69, 9.17) is 0 Å². The molecule has 102 valence electrons. The molecular weight excluding hydrogens is 305 g/mol. The molecule has 9 heteroatoms. The Kier molecular flexibility index (Phi) is 5.34. The second-order valence-electron chi connectivity index (χ2n) is 3.41. The molecule has 19 heavy (non-hydrogen) atoms. The van der Waals surface area contributed by atoms with E-state index in [1.807, 2.05) is 13.2 Å². The second kappa shape index (κ2) is 7.01. The van der Waals surface area contributed by atoms with Crippen molar-refractivity contribution < 1.29 is 4.39 Å². The van der Waals surface area contributed by atoms with Crippen LogP contribution in [0.4, 0.5) is 10.3 Å². The SMILES string of the molecule is CCCNc1ncc(F)c(Sc2nnc(SC)s2)n1. The van der Waals surface area contributed by atoms with Gasteiger partial charge in [-0.2, -0.15) is 0 Å². The third-order valence-corrected chi connectivity index (χ3v) is 4.92.